The highest BCUT2D eigenvalue weighted by Gasteiger charge is 2.20. The van der Waals surface area contributed by atoms with Crippen molar-refractivity contribution < 1.29 is 25.2 Å². The van der Waals surface area contributed by atoms with Gasteiger partial charge in [0.2, 0.25) is 0 Å². The first kappa shape index (κ1) is 16.7. The standard InChI is InChI=1S/C5H10O2.C4H11NO3/c1-2-3-4-5(6)7;5-4(1-6,2-7)3-8/h2-4H2,1H3,(H,6,7);6-8H,1-3,5H2. The van der Waals surface area contributed by atoms with Gasteiger partial charge in [-0.3, -0.25) is 4.79 Å². The minimum atomic E-state index is -1.21. The van der Waals surface area contributed by atoms with Crippen LogP contribution < -0.4 is 5.73 Å². The number of rotatable bonds is 6. The summed E-state index contributed by atoms with van der Waals surface area (Å²) in [6.45, 7) is 0.767. The summed E-state index contributed by atoms with van der Waals surface area (Å²) >= 11 is 0. The van der Waals surface area contributed by atoms with Gasteiger partial charge in [0.05, 0.1) is 25.4 Å². The molecular formula is C9H21NO5. The van der Waals surface area contributed by atoms with E-state index in [1.54, 1.807) is 0 Å². The predicted octanol–water partition coefficient (Wildman–Crippen LogP) is -1.08. The van der Waals surface area contributed by atoms with Crippen LogP contribution in [0.15, 0.2) is 0 Å². The fraction of sp³-hybridized carbons (Fsp3) is 0.889. The number of hydrogen-bond acceptors (Lipinski definition) is 5. The molecule has 0 radical (unpaired) electrons. The third kappa shape index (κ3) is 11.2. The van der Waals surface area contributed by atoms with Crippen LogP contribution in [0.4, 0.5) is 0 Å². The van der Waals surface area contributed by atoms with E-state index in [9.17, 15) is 4.79 Å². The fourth-order valence-corrected chi connectivity index (χ4v) is 0.478. The molecule has 0 saturated heterocycles. The SMILES string of the molecule is CCCCC(=O)O.NC(CO)(CO)CO. The molecule has 6 nitrogen and oxygen atoms in total. The minimum absolute atomic E-state index is 0.316. The smallest absolute Gasteiger partial charge is 0.303 e. The van der Waals surface area contributed by atoms with Crippen LogP contribution in [0.25, 0.3) is 0 Å². The molecule has 0 aliphatic rings. The zero-order valence-electron chi connectivity index (χ0n) is 9.02. The summed E-state index contributed by atoms with van der Waals surface area (Å²) in [5, 5.41) is 33.1. The first-order valence-electron chi connectivity index (χ1n) is 4.79. The molecule has 92 valence electrons. The molecule has 0 rings (SSSR count). The normalized spacial score (nSPS) is 10.5. The first-order valence-corrected chi connectivity index (χ1v) is 4.79. The van der Waals surface area contributed by atoms with Crippen molar-refractivity contribution in [3.8, 4) is 0 Å². The molecule has 0 aliphatic heterocycles. The van der Waals surface area contributed by atoms with Gasteiger partial charge in [-0.25, -0.2) is 0 Å². The zero-order valence-corrected chi connectivity index (χ0v) is 9.02. The van der Waals surface area contributed by atoms with Gasteiger partial charge in [-0.2, -0.15) is 0 Å². The Kier molecular flexibility index (Phi) is 11.0. The Bertz CT molecular complexity index is 150. The van der Waals surface area contributed by atoms with Gasteiger partial charge in [-0.05, 0) is 6.42 Å². The Morgan fingerprint density at radius 2 is 1.60 bits per heavy atom. The van der Waals surface area contributed by atoms with Crippen molar-refractivity contribution in [3.05, 3.63) is 0 Å². The van der Waals surface area contributed by atoms with E-state index < -0.39 is 31.3 Å². The Labute approximate surface area is 89.3 Å². The maximum atomic E-state index is 9.76. The topological polar surface area (TPSA) is 124 Å². The van der Waals surface area contributed by atoms with Gasteiger partial charge in [0, 0.05) is 6.42 Å². The van der Waals surface area contributed by atoms with E-state index in [1.165, 1.54) is 0 Å². The molecular weight excluding hydrogens is 202 g/mol. The van der Waals surface area contributed by atoms with Gasteiger partial charge in [-0.1, -0.05) is 13.3 Å². The summed E-state index contributed by atoms with van der Waals surface area (Å²) in [7, 11) is 0. The molecule has 0 atom stereocenters. The molecule has 0 aliphatic carbocycles. The third-order valence-electron chi connectivity index (χ3n) is 1.69. The van der Waals surface area contributed by atoms with Crippen molar-refractivity contribution in [2.75, 3.05) is 19.8 Å². The number of carboxylic acid groups (broad SMARTS) is 1. The van der Waals surface area contributed by atoms with Crippen molar-refractivity contribution in [1.82, 2.24) is 0 Å². The van der Waals surface area contributed by atoms with Crippen LogP contribution in [-0.4, -0.2) is 51.8 Å². The third-order valence-corrected chi connectivity index (χ3v) is 1.69. The van der Waals surface area contributed by atoms with E-state index >= 15 is 0 Å². The number of hydrogen-bond donors (Lipinski definition) is 5. The molecule has 6 heteroatoms. The molecule has 0 spiro atoms. The van der Waals surface area contributed by atoms with Crippen LogP contribution in [0.3, 0.4) is 0 Å². The van der Waals surface area contributed by atoms with Gasteiger partial charge in [0.15, 0.2) is 0 Å². The minimum Gasteiger partial charge on any atom is -0.481 e. The lowest BCUT2D eigenvalue weighted by molar-refractivity contribution is -0.137. The highest BCUT2D eigenvalue weighted by molar-refractivity contribution is 5.66. The van der Waals surface area contributed by atoms with Crippen LogP contribution in [0.5, 0.6) is 0 Å². The van der Waals surface area contributed by atoms with Crippen molar-refractivity contribution >= 4 is 5.97 Å². The molecule has 0 fully saturated rings. The monoisotopic (exact) mass is 223 g/mol. The second-order valence-electron chi connectivity index (χ2n) is 3.33. The number of unbranched alkanes of at least 4 members (excludes halogenated alkanes) is 1. The van der Waals surface area contributed by atoms with Crippen LogP contribution >= 0.6 is 0 Å². The van der Waals surface area contributed by atoms with Crippen LogP contribution in [-0.2, 0) is 4.79 Å². The van der Waals surface area contributed by atoms with Crippen LogP contribution in [0.1, 0.15) is 26.2 Å². The average Bonchev–Trinajstić information content (AvgIpc) is 2.26. The highest BCUT2D eigenvalue weighted by atomic mass is 16.4. The van der Waals surface area contributed by atoms with Crippen molar-refractivity contribution in [2.24, 2.45) is 5.73 Å². The Morgan fingerprint density at radius 1 is 1.20 bits per heavy atom. The molecule has 0 bridgehead atoms. The quantitative estimate of drug-likeness (QED) is 0.390. The molecule has 0 aromatic rings. The van der Waals surface area contributed by atoms with E-state index in [4.69, 9.17) is 26.2 Å². The number of aliphatic carboxylic acids is 1. The molecule has 6 N–H and O–H groups in total. The molecule has 0 aromatic heterocycles. The molecule has 0 saturated carbocycles. The fourth-order valence-electron chi connectivity index (χ4n) is 0.478. The summed E-state index contributed by atoms with van der Waals surface area (Å²) in [6, 6.07) is 0. The van der Waals surface area contributed by atoms with Crippen molar-refractivity contribution in [2.45, 2.75) is 31.7 Å². The summed E-state index contributed by atoms with van der Waals surface area (Å²) in [5.41, 5.74) is 3.94. The zero-order chi connectivity index (χ0) is 12.3. The second kappa shape index (κ2) is 9.85. The number of carboxylic acids is 1. The summed E-state index contributed by atoms with van der Waals surface area (Å²) in [6.07, 6.45) is 2.08. The maximum absolute atomic E-state index is 9.76. The largest absolute Gasteiger partial charge is 0.481 e. The molecule has 15 heavy (non-hydrogen) atoms. The summed E-state index contributed by atoms with van der Waals surface area (Å²) < 4.78 is 0. The van der Waals surface area contributed by atoms with Crippen LogP contribution in [0, 0.1) is 0 Å². The number of aliphatic hydroxyl groups is 3. The number of carbonyl (C=O) groups is 1. The molecule has 0 heterocycles. The average molecular weight is 223 g/mol. The van der Waals surface area contributed by atoms with Crippen LogP contribution in [0.2, 0.25) is 0 Å². The van der Waals surface area contributed by atoms with E-state index in [0.29, 0.717) is 6.42 Å². The Balaban J connectivity index is 0. The number of nitrogens with two attached hydrogens (primary N) is 1. The van der Waals surface area contributed by atoms with Gasteiger partial charge in [-0.15, -0.1) is 0 Å². The van der Waals surface area contributed by atoms with E-state index in [0.717, 1.165) is 12.8 Å². The predicted molar refractivity (Wildman–Crippen MR) is 55.3 cm³/mol. The van der Waals surface area contributed by atoms with Gasteiger partial charge in [0.25, 0.3) is 0 Å². The van der Waals surface area contributed by atoms with Crippen molar-refractivity contribution in [1.29, 1.82) is 0 Å². The summed E-state index contributed by atoms with van der Waals surface area (Å²) in [5.74, 6) is -0.693. The van der Waals surface area contributed by atoms with Gasteiger partial charge < -0.3 is 26.2 Å². The van der Waals surface area contributed by atoms with Crippen molar-refractivity contribution in [3.63, 3.8) is 0 Å². The lowest BCUT2D eigenvalue weighted by atomic mass is 10.1. The number of aliphatic hydroxyl groups excluding tert-OH is 3. The second-order valence-corrected chi connectivity index (χ2v) is 3.33. The molecule has 0 amide bonds. The lowest BCUT2D eigenvalue weighted by Crippen LogP contribution is -2.50. The van der Waals surface area contributed by atoms with Gasteiger partial charge in [0.1, 0.15) is 0 Å². The molecule has 0 unspecified atom stereocenters. The van der Waals surface area contributed by atoms with E-state index in [2.05, 4.69) is 0 Å². The highest BCUT2D eigenvalue weighted by Crippen LogP contribution is 1.93. The lowest BCUT2D eigenvalue weighted by Gasteiger charge is -2.20. The van der Waals surface area contributed by atoms with E-state index in [-0.39, 0.29) is 0 Å². The summed E-state index contributed by atoms with van der Waals surface area (Å²) in [4.78, 5) is 9.76. The van der Waals surface area contributed by atoms with E-state index in [1.807, 2.05) is 6.92 Å². The van der Waals surface area contributed by atoms with Gasteiger partial charge >= 0.3 is 5.97 Å². The Morgan fingerprint density at radius 3 is 1.67 bits per heavy atom. The maximum Gasteiger partial charge on any atom is 0.303 e. The Hall–Kier alpha value is -0.690. The first-order chi connectivity index (χ1) is 6.95. The molecule has 0 aromatic carbocycles.